The summed E-state index contributed by atoms with van der Waals surface area (Å²) in [7, 11) is 0. The number of nitrogens with zero attached hydrogens (tertiary/aromatic N) is 2. The molecule has 1 heterocycles. The van der Waals surface area contributed by atoms with Gasteiger partial charge in [0.15, 0.2) is 0 Å². The van der Waals surface area contributed by atoms with Gasteiger partial charge in [0.25, 0.3) is 0 Å². The van der Waals surface area contributed by atoms with Gasteiger partial charge < -0.3 is 10.3 Å². The summed E-state index contributed by atoms with van der Waals surface area (Å²) < 4.78 is 5.55. The molecule has 0 radical (unpaired) electrons. The minimum atomic E-state index is -0.104. The van der Waals surface area contributed by atoms with Gasteiger partial charge in [-0.2, -0.15) is 4.98 Å². The number of aromatic nitrogens is 2. The largest absolute Gasteiger partial charge is 0.338 e. The normalized spacial score (nSPS) is 18.1. The lowest BCUT2D eigenvalue weighted by atomic mass is 9.74. The zero-order valence-electron chi connectivity index (χ0n) is 11.9. The van der Waals surface area contributed by atoms with Gasteiger partial charge in [-0.15, -0.1) is 0 Å². The number of benzene rings is 1. The molecular weight excluding hydrogens is 250 g/mol. The van der Waals surface area contributed by atoms with E-state index in [0.29, 0.717) is 12.4 Å². The molecule has 2 N–H and O–H groups in total. The van der Waals surface area contributed by atoms with Crippen molar-refractivity contribution in [1.82, 2.24) is 10.1 Å². The maximum absolute atomic E-state index is 6.01. The predicted molar refractivity (Wildman–Crippen MR) is 78.3 cm³/mol. The molecule has 0 saturated heterocycles. The van der Waals surface area contributed by atoms with E-state index in [4.69, 9.17) is 10.3 Å². The lowest BCUT2D eigenvalue weighted by Gasteiger charge is -2.32. The molecule has 1 aromatic heterocycles. The van der Waals surface area contributed by atoms with Crippen LogP contribution < -0.4 is 5.73 Å². The van der Waals surface area contributed by atoms with Gasteiger partial charge >= 0.3 is 0 Å². The molecule has 0 unspecified atom stereocenters. The van der Waals surface area contributed by atoms with Crippen LogP contribution in [0.1, 0.15) is 43.6 Å². The Labute approximate surface area is 119 Å². The summed E-state index contributed by atoms with van der Waals surface area (Å²) in [5.41, 5.74) is 8.11. The first-order chi connectivity index (χ1) is 9.73. The highest BCUT2D eigenvalue weighted by atomic mass is 16.5. The van der Waals surface area contributed by atoms with Gasteiger partial charge in [0, 0.05) is 12.1 Å². The van der Waals surface area contributed by atoms with Crippen LogP contribution >= 0.6 is 0 Å². The molecule has 4 nitrogen and oxygen atoms in total. The molecule has 1 aliphatic carbocycles. The Hall–Kier alpha value is -1.68. The van der Waals surface area contributed by atoms with Crippen LogP contribution in [0, 0.1) is 6.92 Å². The molecule has 2 aromatic rings. The first-order valence-corrected chi connectivity index (χ1v) is 7.35. The quantitative estimate of drug-likeness (QED) is 0.931. The molecule has 3 rings (SSSR count). The Kier molecular flexibility index (Phi) is 3.57. The standard InChI is InChI=1S/C16H21N3O/c1-12-6-5-7-13(10-12)14-18-15(20-19-14)16(11-17)8-3-2-4-9-16/h5-7,10H,2-4,8-9,11,17H2,1H3. The second-order valence-corrected chi connectivity index (χ2v) is 5.84. The fourth-order valence-corrected chi connectivity index (χ4v) is 3.07. The highest BCUT2D eigenvalue weighted by Crippen LogP contribution is 2.38. The molecule has 0 amide bonds. The zero-order valence-corrected chi connectivity index (χ0v) is 11.9. The van der Waals surface area contributed by atoms with Crippen molar-refractivity contribution in [1.29, 1.82) is 0 Å². The van der Waals surface area contributed by atoms with Crippen molar-refractivity contribution in [3.63, 3.8) is 0 Å². The average molecular weight is 271 g/mol. The molecule has 1 saturated carbocycles. The highest BCUT2D eigenvalue weighted by Gasteiger charge is 2.38. The first kappa shape index (κ1) is 13.3. The van der Waals surface area contributed by atoms with Crippen LogP contribution in [0.3, 0.4) is 0 Å². The van der Waals surface area contributed by atoms with Crippen molar-refractivity contribution in [2.45, 2.75) is 44.4 Å². The number of hydrogen-bond donors (Lipinski definition) is 1. The summed E-state index contributed by atoms with van der Waals surface area (Å²) in [5.74, 6) is 1.39. The van der Waals surface area contributed by atoms with Crippen LogP contribution in [-0.4, -0.2) is 16.7 Å². The van der Waals surface area contributed by atoms with Gasteiger partial charge in [0.05, 0.1) is 5.41 Å². The second kappa shape index (κ2) is 5.37. The molecule has 0 atom stereocenters. The Morgan fingerprint density at radius 3 is 2.75 bits per heavy atom. The predicted octanol–water partition coefficient (Wildman–Crippen LogP) is 3.21. The summed E-state index contributed by atoms with van der Waals surface area (Å²) in [4.78, 5) is 4.63. The molecular formula is C16H21N3O. The average Bonchev–Trinajstić information content (AvgIpc) is 2.98. The third kappa shape index (κ3) is 2.36. The first-order valence-electron chi connectivity index (χ1n) is 7.35. The van der Waals surface area contributed by atoms with Crippen LogP contribution in [0.5, 0.6) is 0 Å². The molecule has 4 heteroatoms. The van der Waals surface area contributed by atoms with Gasteiger partial charge in [0.1, 0.15) is 0 Å². The van der Waals surface area contributed by atoms with E-state index in [1.807, 2.05) is 12.1 Å². The van der Waals surface area contributed by atoms with Crippen molar-refractivity contribution >= 4 is 0 Å². The SMILES string of the molecule is Cc1cccc(-c2noc(C3(CN)CCCCC3)n2)c1. The Balaban J connectivity index is 1.93. The Morgan fingerprint density at radius 2 is 2.05 bits per heavy atom. The van der Waals surface area contributed by atoms with Crippen molar-refractivity contribution in [2.75, 3.05) is 6.54 Å². The van der Waals surface area contributed by atoms with Crippen molar-refractivity contribution in [2.24, 2.45) is 5.73 Å². The molecule has 0 aliphatic heterocycles. The van der Waals surface area contributed by atoms with E-state index >= 15 is 0 Å². The number of aryl methyl sites for hydroxylation is 1. The fourth-order valence-electron chi connectivity index (χ4n) is 3.07. The van der Waals surface area contributed by atoms with E-state index in [9.17, 15) is 0 Å². The summed E-state index contributed by atoms with van der Waals surface area (Å²) in [6.45, 7) is 2.65. The minimum Gasteiger partial charge on any atom is -0.338 e. The summed E-state index contributed by atoms with van der Waals surface area (Å²) in [6, 6.07) is 8.16. The van der Waals surface area contributed by atoms with Crippen LogP contribution in [0.25, 0.3) is 11.4 Å². The second-order valence-electron chi connectivity index (χ2n) is 5.84. The van der Waals surface area contributed by atoms with E-state index in [-0.39, 0.29) is 5.41 Å². The third-order valence-electron chi connectivity index (χ3n) is 4.36. The van der Waals surface area contributed by atoms with E-state index in [0.717, 1.165) is 24.3 Å². The van der Waals surface area contributed by atoms with Gasteiger partial charge in [-0.25, -0.2) is 0 Å². The summed E-state index contributed by atoms with van der Waals surface area (Å²) in [6.07, 6.45) is 5.78. The molecule has 1 aliphatic rings. The summed E-state index contributed by atoms with van der Waals surface area (Å²) >= 11 is 0. The van der Waals surface area contributed by atoms with Gasteiger partial charge in [-0.1, -0.05) is 48.2 Å². The lowest BCUT2D eigenvalue weighted by molar-refractivity contribution is 0.220. The smallest absolute Gasteiger partial charge is 0.234 e. The Bertz CT molecular complexity index is 585. The van der Waals surface area contributed by atoms with Gasteiger partial charge in [-0.05, 0) is 25.8 Å². The van der Waals surface area contributed by atoms with Crippen molar-refractivity contribution < 1.29 is 4.52 Å². The van der Waals surface area contributed by atoms with Gasteiger partial charge in [-0.3, -0.25) is 0 Å². The Morgan fingerprint density at radius 1 is 1.25 bits per heavy atom. The van der Waals surface area contributed by atoms with Crippen LogP contribution in [-0.2, 0) is 5.41 Å². The number of hydrogen-bond acceptors (Lipinski definition) is 4. The van der Waals surface area contributed by atoms with Crippen molar-refractivity contribution in [3.8, 4) is 11.4 Å². The highest BCUT2D eigenvalue weighted by molar-refractivity contribution is 5.55. The molecule has 0 spiro atoms. The number of rotatable bonds is 3. The van der Waals surface area contributed by atoms with E-state index in [2.05, 4.69) is 29.2 Å². The lowest BCUT2D eigenvalue weighted by Crippen LogP contribution is -2.37. The monoisotopic (exact) mass is 271 g/mol. The molecule has 20 heavy (non-hydrogen) atoms. The van der Waals surface area contributed by atoms with Crippen LogP contribution in [0.15, 0.2) is 28.8 Å². The van der Waals surface area contributed by atoms with E-state index < -0.39 is 0 Å². The molecule has 1 fully saturated rings. The maximum Gasteiger partial charge on any atom is 0.234 e. The van der Waals surface area contributed by atoms with Crippen molar-refractivity contribution in [3.05, 3.63) is 35.7 Å². The maximum atomic E-state index is 6.01. The minimum absolute atomic E-state index is 0.104. The van der Waals surface area contributed by atoms with Crippen LogP contribution in [0.4, 0.5) is 0 Å². The molecule has 1 aromatic carbocycles. The molecule has 0 bridgehead atoms. The van der Waals surface area contributed by atoms with Gasteiger partial charge in [0.2, 0.25) is 11.7 Å². The van der Waals surface area contributed by atoms with E-state index in [1.54, 1.807) is 0 Å². The zero-order chi connectivity index (χ0) is 14.0. The van der Waals surface area contributed by atoms with E-state index in [1.165, 1.54) is 24.8 Å². The van der Waals surface area contributed by atoms with Crippen LogP contribution in [0.2, 0.25) is 0 Å². The topological polar surface area (TPSA) is 64.9 Å². The fraction of sp³-hybridized carbons (Fsp3) is 0.500. The third-order valence-corrected chi connectivity index (χ3v) is 4.36. The number of nitrogens with two attached hydrogens (primary N) is 1. The summed E-state index contributed by atoms with van der Waals surface area (Å²) in [5, 5.41) is 4.15. The molecule has 106 valence electrons.